The number of nitrogens with zero attached hydrogens (tertiary/aromatic N) is 1. The second-order valence-corrected chi connectivity index (χ2v) is 7.45. The summed E-state index contributed by atoms with van der Waals surface area (Å²) in [5.74, 6) is 0. The van der Waals surface area contributed by atoms with E-state index in [9.17, 15) is 8.42 Å². The van der Waals surface area contributed by atoms with Gasteiger partial charge in [-0.3, -0.25) is 0 Å². The zero-order valence-corrected chi connectivity index (χ0v) is 13.4. The molecule has 0 bridgehead atoms. The van der Waals surface area contributed by atoms with E-state index in [1.807, 2.05) is 49.4 Å². The average molecular weight is 316 g/mol. The lowest BCUT2D eigenvalue weighted by molar-refractivity contribution is 0.271. The molecule has 0 amide bonds. The lowest BCUT2D eigenvalue weighted by Crippen LogP contribution is -2.48. The van der Waals surface area contributed by atoms with Gasteiger partial charge >= 0.3 is 0 Å². The number of piperazine rings is 1. The Labute approximate surface area is 131 Å². The molecule has 1 fully saturated rings. The molecule has 0 saturated carbocycles. The van der Waals surface area contributed by atoms with E-state index in [0.717, 1.165) is 11.1 Å². The van der Waals surface area contributed by atoms with Crippen LogP contribution in [0.25, 0.3) is 0 Å². The maximum Gasteiger partial charge on any atom is 0.243 e. The molecule has 1 atom stereocenters. The van der Waals surface area contributed by atoms with Crippen molar-refractivity contribution in [3.05, 3.63) is 65.7 Å². The Bertz CT molecular complexity index is 727. The summed E-state index contributed by atoms with van der Waals surface area (Å²) in [5.41, 5.74) is 2.07. The van der Waals surface area contributed by atoms with Crippen molar-refractivity contribution in [2.45, 2.75) is 17.9 Å². The van der Waals surface area contributed by atoms with Crippen LogP contribution < -0.4 is 5.32 Å². The van der Waals surface area contributed by atoms with E-state index in [4.69, 9.17) is 0 Å². The highest BCUT2D eigenvalue weighted by molar-refractivity contribution is 7.89. The second kappa shape index (κ2) is 6.20. The van der Waals surface area contributed by atoms with E-state index in [1.165, 1.54) is 0 Å². The Hall–Kier alpha value is -1.69. The third kappa shape index (κ3) is 2.92. The summed E-state index contributed by atoms with van der Waals surface area (Å²) in [6, 6.07) is 16.7. The molecule has 0 aromatic heterocycles. The van der Waals surface area contributed by atoms with Crippen LogP contribution in [0.4, 0.5) is 0 Å². The van der Waals surface area contributed by atoms with E-state index in [1.54, 1.807) is 16.4 Å². The minimum absolute atomic E-state index is 0.166. The Morgan fingerprint density at radius 1 is 1.05 bits per heavy atom. The maximum absolute atomic E-state index is 13.0. The molecule has 3 rings (SSSR count). The highest BCUT2D eigenvalue weighted by Gasteiger charge is 2.34. The van der Waals surface area contributed by atoms with E-state index in [-0.39, 0.29) is 6.04 Å². The molecule has 2 aromatic carbocycles. The summed E-state index contributed by atoms with van der Waals surface area (Å²) in [6.45, 7) is 3.74. The molecule has 1 aliphatic rings. The van der Waals surface area contributed by atoms with Crippen molar-refractivity contribution >= 4 is 10.0 Å². The normalized spacial score (nSPS) is 20.0. The molecule has 1 N–H and O–H groups in total. The smallest absolute Gasteiger partial charge is 0.243 e. The Morgan fingerprint density at radius 3 is 2.41 bits per heavy atom. The molecule has 22 heavy (non-hydrogen) atoms. The molecule has 5 heteroatoms. The first-order valence-corrected chi connectivity index (χ1v) is 8.87. The summed E-state index contributed by atoms with van der Waals surface area (Å²) < 4.78 is 27.6. The monoisotopic (exact) mass is 316 g/mol. The van der Waals surface area contributed by atoms with Gasteiger partial charge in [0.2, 0.25) is 10.0 Å². The lowest BCUT2D eigenvalue weighted by Gasteiger charge is -2.35. The molecule has 4 nitrogen and oxygen atoms in total. The zero-order valence-electron chi connectivity index (χ0n) is 12.6. The SMILES string of the molecule is Cc1ccc(S(=O)(=O)N2CCNCC2c2ccccc2)cc1. The summed E-state index contributed by atoms with van der Waals surface area (Å²) >= 11 is 0. The van der Waals surface area contributed by atoms with Gasteiger partial charge in [0.05, 0.1) is 10.9 Å². The van der Waals surface area contributed by atoms with Gasteiger partial charge in [0.15, 0.2) is 0 Å². The highest BCUT2D eigenvalue weighted by Crippen LogP contribution is 2.28. The minimum atomic E-state index is -3.48. The van der Waals surface area contributed by atoms with Gasteiger partial charge < -0.3 is 5.32 Å². The molecule has 116 valence electrons. The molecule has 0 aliphatic carbocycles. The van der Waals surface area contributed by atoms with Crippen LogP contribution in [0.15, 0.2) is 59.5 Å². The predicted molar refractivity (Wildman–Crippen MR) is 87.1 cm³/mol. The van der Waals surface area contributed by atoms with Crippen molar-refractivity contribution < 1.29 is 8.42 Å². The lowest BCUT2D eigenvalue weighted by atomic mass is 10.1. The van der Waals surface area contributed by atoms with Gasteiger partial charge in [0.25, 0.3) is 0 Å². The van der Waals surface area contributed by atoms with Gasteiger partial charge in [-0.15, -0.1) is 0 Å². The quantitative estimate of drug-likeness (QED) is 0.945. The Kier molecular flexibility index (Phi) is 4.29. The van der Waals surface area contributed by atoms with Gasteiger partial charge in [-0.1, -0.05) is 48.0 Å². The zero-order chi connectivity index (χ0) is 15.6. The van der Waals surface area contributed by atoms with E-state index in [0.29, 0.717) is 24.5 Å². The molecular weight excluding hydrogens is 296 g/mol. The predicted octanol–water partition coefficient (Wildman–Crippen LogP) is 2.33. The third-order valence-electron chi connectivity index (χ3n) is 4.01. The number of nitrogens with one attached hydrogen (secondary N) is 1. The Morgan fingerprint density at radius 2 is 1.73 bits per heavy atom. The van der Waals surface area contributed by atoms with Gasteiger partial charge in [-0.25, -0.2) is 8.42 Å². The topological polar surface area (TPSA) is 49.4 Å². The van der Waals surface area contributed by atoms with Crippen molar-refractivity contribution in [2.24, 2.45) is 0 Å². The fourth-order valence-electron chi connectivity index (χ4n) is 2.78. The van der Waals surface area contributed by atoms with Crippen molar-refractivity contribution in [1.82, 2.24) is 9.62 Å². The number of hydrogen-bond acceptors (Lipinski definition) is 3. The van der Waals surface area contributed by atoms with Gasteiger partial charge in [-0.05, 0) is 24.6 Å². The van der Waals surface area contributed by atoms with E-state index < -0.39 is 10.0 Å². The maximum atomic E-state index is 13.0. The van der Waals surface area contributed by atoms with Crippen LogP contribution in [0, 0.1) is 6.92 Å². The van der Waals surface area contributed by atoms with Crippen LogP contribution >= 0.6 is 0 Å². The van der Waals surface area contributed by atoms with Gasteiger partial charge in [0, 0.05) is 19.6 Å². The van der Waals surface area contributed by atoms with Crippen LogP contribution in [-0.2, 0) is 10.0 Å². The number of sulfonamides is 1. The molecule has 0 spiro atoms. The van der Waals surface area contributed by atoms with Crippen LogP contribution in [0.1, 0.15) is 17.2 Å². The summed E-state index contributed by atoms with van der Waals surface area (Å²) in [4.78, 5) is 0.362. The Balaban J connectivity index is 1.98. The van der Waals surface area contributed by atoms with E-state index in [2.05, 4.69) is 5.32 Å². The number of hydrogen-bond donors (Lipinski definition) is 1. The fraction of sp³-hybridized carbons (Fsp3) is 0.294. The largest absolute Gasteiger partial charge is 0.313 e. The molecule has 1 unspecified atom stereocenters. The van der Waals surface area contributed by atoms with Crippen LogP contribution in [0.2, 0.25) is 0 Å². The summed E-state index contributed by atoms with van der Waals surface area (Å²) in [7, 11) is -3.48. The van der Waals surface area contributed by atoms with Gasteiger partial charge in [-0.2, -0.15) is 4.31 Å². The molecular formula is C17H20N2O2S. The summed E-state index contributed by atoms with van der Waals surface area (Å²) in [5, 5.41) is 3.29. The fourth-order valence-corrected chi connectivity index (χ4v) is 4.39. The molecule has 2 aromatic rings. The number of aryl methyl sites for hydroxylation is 1. The molecule has 1 heterocycles. The highest BCUT2D eigenvalue weighted by atomic mass is 32.2. The first kappa shape index (κ1) is 15.2. The van der Waals surface area contributed by atoms with Crippen LogP contribution in [0.3, 0.4) is 0 Å². The minimum Gasteiger partial charge on any atom is -0.313 e. The van der Waals surface area contributed by atoms with Crippen molar-refractivity contribution in [3.8, 4) is 0 Å². The third-order valence-corrected chi connectivity index (χ3v) is 5.93. The molecule has 1 saturated heterocycles. The first-order chi connectivity index (χ1) is 10.6. The van der Waals surface area contributed by atoms with Crippen LogP contribution in [0.5, 0.6) is 0 Å². The number of rotatable bonds is 3. The van der Waals surface area contributed by atoms with Gasteiger partial charge in [0.1, 0.15) is 0 Å². The van der Waals surface area contributed by atoms with Crippen molar-refractivity contribution in [2.75, 3.05) is 19.6 Å². The average Bonchev–Trinajstić information content (AvgIpc) is 2.56. The van der Waals surface area contributed by atoms with Crippen molar-refractivity contribution in [3.63, 3.8) is 0 Å². The van der Waals surface area contributed by atoms with E-state index >= 15 is 0 Å². The molecule has 0 radical (unpaired) electrons. The second-order valence-electron chi connectivity index (χ2n) is 5.56. The summed E-state index contributed by atoms with van der Waals surface area (Å²) in [6.07, 6.45) is 0. The standard InChI is InChI=1S/C17H20N2O2S/c1-14-7-9-16(10-8-14)22(20,21)19-12-11-18-13-17(19)15-5-3-2-4-6-15/h2-10,17-18H,11-13H2,1H3. The number of benzene rings is 2. The molecule has 1 aliphatic heterocycles. The van der Waals surface area contributed by atoms with Crippen LogP contribution in [-0.4, -0.2) is 32.4 Å². The van der Waals surface area contributed by atoms with Crippen molar-refractivity contribution in [1.29, 1.82) is 0 Å². The first-order valence-electron chi connectivity index (χ1n) is 7.43.